The van der Waals surface area contributed by atoms with Crippen LogP contribution < -0.4 is 0 Å². The zero-order valence-electron chi connectivity index (χ0n) is 13.9. The molecule has 1 saturated heterocycles. The first-order chi connectivity index (χ1) is 10.9. The van der Waals surface area contributed by atoms with Gasteiger partial charge in [0.1, 0.15) is 11.6 Å². The Bertz CT molecular complexity index is 525. The smallest absolute Gasteiger partial charge is 0.276 e. The first kappa shape index (κ1) is 18.9. The van der Waals surface area contributed by atoms with Crippen LogP contribution in [0.2, 0.25) is 0 Å². The maximum absolute atomic E-state index is 12.6. The van der Waals surface area contributed by atoms with Crippen molar-refractivity contribution in [2.45, 2.75) is 58.3 Å². The summed E-state index contributed by atoms with van der Waals surface area (Å²) in [6, 6.07) is 0. The standard InChI is InChI=1S/C16H28O5S2/c1-2-3-10-23(19,20)21-22(11-8-15(17)9-12-22)13-16(18)14-6-4-5-7-14/h14H,2-13H2,1H3. The third-order valence-electron chi connectivity index (χ3n) is 4.72. The van der Waals surface area contributed by atoms with E-state index in [0.29, 0.717) is 30.8 Å². The van der Waals surface area contributed by atoms with E-state index in [1.807, 2.05) is 6.92 Å². The van der Waals surface area contributed by atoms with Crippen molar-refractivity contribution in [3.05, 3.63) is 0 Å². The molecule has 1 aliphatic carbocycles. The SMILES string of the molecule is CCCCS(=O)(=O)OS1(CC(=O)C2CCCC2)CCC(=O)CC1. The van der Waals surface area contributed by atoms with Crippen molar-refractivity contribution in [2.24, 2.45) is 5.92 Å². The first-order valence-electron chi connectivity index (χ1n) is 8.60. The van der Waals surface area contributed by atoms with E-state index in [0.717, 1.165) is 32.1 Å². The van der Waals surface area contributed by atoms with E-state index in [2.05, 4.69) is 0 Å². The minimum atomic E-state index is -3.61. The Morgan fingerprint density at radius 1 is 1.22 bits per heavy atom. The fourth-order valence-electron chi connectivity index (χ4n) is 3.26. The van der Waals surface area contributed by atoms with Crippen LogP contribution in [0, 0.1) is 5.92 Å². The summed E-state index contributed by atoms with van der Waals surface area (Å²) in [6.07, 6.45) is 6.01. The molecule has 134 valence electrons. The molecule has 5 nitrogen and oxygen atoms in total. The molecular formula is C16H28O5S2. The van der Waals surface area contributed by atoms with Crippen molar-refractivity contribution in [3.63, 3.8) is 0 Å². The van der Waals surface area contributed by atoms with Crippen LogP contribution in [0.5, 0.6) is 0 Å². The van der Waals surface area contributed by atoms with Crippen molar-refractivity contribution >= 4 is 32.0 Å². The lowest BCUT2D eigenvalue weighted by atomic mass is 10.0. The molecule has 23 heavy (non-hydrogen) atoms. The average Bonchev–Trinajstić information content (AvgIpc) is 3.02. The first-order valence-corrected chi connectivity index (χ1v) is 12.2. The van der Waals surface area contributed by atoms with Crippen LogP contribution in [0.25, 0.3) is 0 Å². The average molecular weight is 365 g/mol. The van der Waals surface area contributed by atoms with Crippen molar-refractivity contribution in [1.29, 1.82) is 0 Å². The summed E-state index contributed by atoms with van der Waals surface area (Å²) in [5, 5.41) is 0. The second kappa shape index (κ2) is 8.12. The van der Waals surface area contributed by atoms with Gasteiger partial charge in [0.05, 0.1) is 11.5 Å². The number of rotatable bonds is 8. The van der Waals surface area contributed by atoms with Gasteiger partial charge in [0.15, 0.2) is 0 Å². The third-order valence-corrected chi connectivity index (χ3v) is 10.2. The molecule has 0 aromatic heterocycles. The molecule has 1 saturated carbocycles. The summed E-state index contributed by atoms with van der Waals surface area (Å²) in [4.78, 5) is 24.1. The number of carbonyl (C=O) groups is 2. The van der Waals surface area contributed by atoms with Gasteiger partial charge in [0.25, 0.3) is 10.1 Å². The molecule has 0 spiro atoms. The fraction of sp³-hybridized carbons (Fsp3) is 0.875. The molecule has 2 rings (SSSR count). The van der Waals surface area contributed by atoms with Crippen LogP contribution in [-0.4, -0.2) is 43.0 Å². The Morgan fingerprint density at radius 3 is 2.39 bits per heavy atom. The molecule has 2 fully saturated rings. The van der Waals surface area contributed by atoms with Crippen LogP contribution in [0.3, 0.4) is 0 Å². The normalized spacial score (nSPS) is 23.8. The van der Waals surface area contributed by atoms with Crippen molar-refractivity contribution in [2.75, 3.05) is 23.0 Å². The highest BCUT2D eigenvalue weighted by atomic mass is 32.3. The molecule has 0 N–H and O–H groups in total. The van der Waals surface area contributed by atoms with Crippen molar-refractivity contribution in [1.82, 2.24) is 0 Å². The second-order valence-corrected chi connectivity index (χ2v) is 11.8. The molecular weight excluding hydrogens is 336 g/mol. The van der Waals surface area contributed by atoms with Crippen LogP contribution in [0.1, 0.15) is 58.3 Å². The van der Waals surface area contributed by atoms with Gasteiger partial charge >= 0.3 is 0 Å². The van der Waals surface area contributed by atoms with E-state index in [4.69, 9.17) is 3.63 Å². The fourth-order valence-corrected chi connectivity index (χ4v) is 9.12. The number of carbonyl (C=O) groups excluding carboxylic acids is 2. The molecule has 0 amide bonds. The van der Waals surface area contributed by atoms with Crippen LogP contribution in [0.4, 0.5) is 0 Å². The van der Waals surface area contributed by atoms with Gasteiger partial charge in [-0.25, -0.2) is 3.63 Å². The van der Waals surface area contributed by atoms with Crippen molar-refractivity contribution < 1.29 is 21.6 Å². The van der Waals surface area contributed by atoms with Gasteiger partial charge in [0, 0.05) is 30.3 Å². The maximum Gasteiger partial charge on any atom is 0.276 e. The third kappa shape index (κ3) is 5.57. The highest BCUT2D eigenvalue weighted by Crippen LogP contribution is 2.54. The summed E-state index contributed by atoms with van der Waals surface area (Å²) in [5.74, 6) is 1.44. The Labute approximate surface area is 141 Å². The lowest BCUT2D eigenvalue weighted by Gasteiger charge is -2.40. The van der Waals surface area contributed by atoms with Gasteiger partial charge in [-0.1, -0.05) is 26.2 Å². The number of Topliss-reactive ketones (excluding diaryl/α,β-unsaturated/α-hetero) is 2. The molecule has 0 unspecified atom stereocenters. The highest BCUT2D eigenvalue weighted by molar-refractivity contribution is 8.33. The van der Waals surface area contributed by atoms with E-state index in [1.54, 1.807) is 0 Å². The molecule has 0 radical (unpaired) electrons. The molecule has 1 heterocycles. The second-order valence-electron chi connectivity index (χ2n) is 6.69. The number of hydrogen-bond acceptors (Lipinski definition) is 5. The predicted molar refractivity (Wildman–Crippen MR) is 93.2 cm³/mol. The van der Waals surface area contributed by atoms with Crippen LogP contribution in [-0.2, 0) is 23.3 Å². The number of ketones is 2. The lowest BCUT2D eigenvalue weighted by Crippen LogP contribution is -2.32. The molecule has 0 bridgehead atoms. The van der Waals surface area contributed by atoms with E-state index < -0.39 is 20.4 Å². The summed E-state index contributed by atoms with van der Waals surface area (Å²) >= 11 is 0. The summed E-state index contributed by atoms with van der Waals surface area (Å²) in [7, 11) is -5.63. The molecule has 0 aromatic carbocycles. The molecule has 7 heteroatoms. The topological polar surface area (TPSA) is 77.5 Å². The quantitative estimate of drug-likeness (QED) is 0.662. The van der Waals surface area contributed by atoms with Gasteiger partial charge < -0.3 is 0 Å². The Morgan fingerprint density at radius 2 is 1.83 bits per heavy atom. The Balaban J connectivity index is 2.08. The lowest BCUT2D eigenvalue weighted by molar-refractivity contribution is -0.120. The maximum atomic E-state index is 12.6. The monoisotopic (exact) mass is 364 g/mol. The van der Waals surface area contributed by atoms with E-state index in [9.17, 15) is 18.0 Å². The molecule has 0 aromatic rings. The minimum Gasteiger partial charge on any atom is -0.300 e. The van der Waals surface area contributed by atoms with E-state index in [-0.39, 0.29) is 29.0 Å². The minimum absolute atomic E-state index is 0.00379. The largest absolute Gasteiger partial charge is 0.300 e. The van der Waals surface area contributed by atoms with Gasteiger partial charge in [-0.05, 0) is 19.3 Å². The molecule has 0 atom stereocenters. The Kier molecular flexibility index (Phi) is 6.68. The summed E-state index contributed by atoms with van der Waals surface area (Å²) in [5.41, 5.74) is 0. The number of unbranched alkanes of at least 4 members (excludes halogenated alkanes) is 1. The predicted octanol–water partition coefficient (Wildman–Crippen LogP) is 2.97. The van der Waals surface area contributed by atoms with Gasteiger partial charge in [0.2, 0.25) is 0 Å². The van der Waals surface area contributed by atoms with Crippen molar-refractivity contribution in [3.8, 4) is 0 Å². The van der Waals surface area contributed by atoms with E-state index >= 15 is 0 Å². The van der Waals surface area contributed by atoms with E-state index in [1.165, 1.54) is 0 Å². The van der Waals surface area contributed by atoms with Crippen LogP contribution >= 0.6 is 10.3 Å². The van der Waals surface area contributed by atoms with Gasteiger partial charge in [-0.15, -0.1) is 10.3 Å². The number of hydrogen-bond donors (Lipinski definition) is 0. The molecule has 2 aliphatic rings. The zero-order chi connectivity index (χ0) is 16.9. The highest BCUT2D eigenvalue weighted by Gasteiger charge is 2.38. The summed E-state index contributed by atoms with van der Waals surface area (Å²) in [6.45, 7) is 1.93. The van der Waals surface area contributed by atoms with Gasteiger partial charge in [-0.3, -0.25) is 9.59 Å². The summed E-state index contributed by atoms with van der Waals surface area (Å²) < 4.78 is 30.1. The van der Waals surface area contributed by atoms with Crippen LogP contribution in [0.15, 0.2) is 0 Å². The zero-order valence-corrected chi connectivity index (χ0v) is 15.6. The Hall–Kier alpha value is -0.400. The molecule has 1 aliphatic heterocycles. The van der Waals surface area contributed by atoms with Gasteiger partial charge in [-0.2, -0.15) is 8.42 Å².